The number of rotatable bonds is 6. The third kappa shape index (κ3) is 5.05. The second-order valence-electron chi connectivity index (χ2n) is 6.57. The molecule has 1 fully saturated rings. The fourth-order valence-corrected chi connectivity index (χ4v) is 3.64. The number of ether oxygens (including phenoxy) is 2. The summed E-state index contributed by atoms with van der Waals surface area (Å²) in [6.07, 6.45) is -0.484. The quantitative estimate of drug-likeness (QED) is 0.816. The molecule has 0 bridgehead atoms. The lowest BCUT2D eigenvalue weighted by Gasteiger charge is -2.31. The van der Waals surface area contributed by atoms with Crippen molar-refractivity contribution >= 4 is 23.2 Å². The van der Waals surface area contributed by atoms with E-state index in [0.29, 0.717) is 18.8 Å². The SMILES string of the molecule is CC(C)Oc1ccc(-c2nc(C(=O)N3CCO[C@@H](CC(=O)O)C3)cs2)cc1. The van der Waals surface area contributed by atoms with Crippen LogP contribution < -0.4 is 4.74 Å². The maximum Gasteiger partial charge on any atom is 0.306 e. The molecule has 0 aliphatic carbocycles. The van der Waals surface area contributed by atoms with Crippen LogP contribution in [0.5, 0.6) is 5.75 Å². The van der Waals surface area contributed by atoms with Gasteiger partial charge in [-0.2, -0.15) is 0 Å². The van der Waals surface area contributed by atoms with Crippen molar-refractivity contribution < 1.29 is 24.2 Å². The molecule has 1 aromatic carbocycles. The van der Waals surface area contributed by atoms with Gasteiger partial charge < -0.3 is 19.5 Å². The van der Waals surface area contributed by atoms with Gasteiger partial charge in [0.15, 0.2) is 0 Å². The van der Waals surface area contributed by atoms with E-state index in [4.69, 9.17) is 14.6 Å². The Morgan fingerprint density at radius 3 is 2.78 bits per heavy atom. The summed E-state index contributed by atoms with van der Waals surface area (Å²) < 4.78 is 11.0. The van der Waals surface area contributed by atoms with Gasteiger partial charge in [-0.1, -0.05) is 0 Å². The van der Waals surface area contributed by atoms with Crippen LogP contribution in [0.3, 0.4) is 0 Å². The molecule has 1 aromatic heterocycles. The maximum absolute atomic E-state index is 12.7. The molecule has 3 rings (SSSR count). The molecule has 7 nitrogen and oxygen atoms in total. The van der Waals surface area contributed by atoms with Gasteiger partial charge in [0, 0.05) is 24.0 Å². The first-order chi connectivity index (χ1) is 12.9. The second-order valence-corrected chi connectivity index (χ2v) is 7.43. The molecule has 0 unspecified atom stereocenters. The van der Waals surface area contributed by atoms with Crippen LogP contribution >= 0.6 is 11.3 Å². The highest BCUT2D eigenvalue weighted by atomic mass is 32.1. The minimum absolute atomic E-state index is 0.110. The van der Waals surface area contributed by atoms with Crippen molar-refractivity contribution in [2.45, 2.75) is 32.5 Å². The molecule has 1 N–H and O–H groups in total. The summed E-state index contributed by atoms with van der Waals surface area (Å²) in [5.41, 5.74) is 1.29. The molecule has 1 saturated heterocycles. The topological polar surface area (TPSA) is 89.0 Å². The van der Waals surface area contributed by atoms with Crippen molar-refractivity contribution in [3.8, 4) is 16.3 Å². The zero-order chi connectivity index (χ0) is 19.4. The van der Waals surface area contributed by atoms with E-state index in [1.807, 2.05) is 38.1 Å². The molecule has 1 amide bonds. The van der Waals surface area contributed by atoms with E-state index >= 15 is 0 Å². The minimum Gasteiger partial charge on any atom is -0.491 e. The first-order valence-electron chi connectivity index (χ1n) is 8.77. The number of aromatic nitrogens is 1. The summed E-state index contributed by atoms with van der Waals surface area (Å²) >= 11 is 1.40. The Morgan fingerprint density at radius 1 is 1.37 bits per heavy atom. The van der Waals surface area contributed by atoms with Crippen LogP contribution in [0.4, 0.5) is 0 Å². The average molecular weight is 390 g/mol. The summed E-state index contributed by atoms with van der Waals surface area (Å²) in [4.78, 5) is 29.6. The molecule has 144 valence electrons. The van der Waals surface area contributed by atoms with Crippen molar-refractivity contribution in [3.63, 3.8) is 0 Å². The minimum atomic E-state index is -0.935. The van der Waals surface area contributed by atoms with Crippen molar-refractivity contribution in [3.05, 3.63) is 35.3 Å². The third-order valence-electron chi connectivity index (χ3n) is 4.02. The van der Waals surface area contributed by atoms with Crippen LogP contribution in [0.2, 0.25) is 0 Å². The number of hydrogen-bond donors (Lipinski definition) is 1. The number of benzene rings is 1. The van der Waals surface area contributed by atoms with Crippen LogP contribution in [-0.4, -0.2) is 58.8 Å². The smallest absolute Gasteiger partial charge is 0.306 e. The highest BCUT2D eigenvalue weighted by molar-refractivity contribution is 7.13. The highest BCUT2D eigenvalue weighted by Crippen LogP contribution is 2.27. The van der Waals surface area contributed by atoms with E-state index in [0.717, 1.165) is 16.3 Å². The number of hydrogen-bond acceptors (Lipinski definition) is 6. The Balaban J connectivity index is 1.67. The summed E-state index contributed by atoms with van der Waals surface area (Å²) in [6.45, 7) is 4.97. The molecule has 1 atom stereocenters. The van der Waals surface area contributed by atoms with Crippen LogP contribution in [0.1, 0.15) is 30.8 Å². The summed E-state index contributed by atoms with van der Waals surface area (Å²) in [5.74, 6) is -0.342. The van der Waals surface area contributed by atoms with E-state index < -0.39 is 12.1 Å². The number of carbonyl (C=O) groups is 2. The molecular weight excluding hydrogens is 368 g/mol. The third-order valence-corrected chi connectivity index (χ3v) is 4.92. The number of nitrogens with zero attached hydrogens (tertiary/aromatic N) is 2. The average Bonchev–Trinajstić information content (AvgIpc) is 3.11. The van der Waals surface area contributed by atoms with Gasteiger partial charge in [-0.25, -0.2) is 4.98 Å². The number of aliphatic carboxylic acids is 1. The van der Waals surface area contributed by atoms with Gasteiger partial charge in [0.05, 0.1) is 25.2 Å². The molecule has 0 spiro atoms. The van der Waals surface area contributed by atoms with Crippen molar-refractivity contribution in [1.82, 2.24) is 9.88 Å². The molecule has 1 aliphatic heterocycles. The molecule has 0 radical (unpaired) electrons. The first-order valence-corrected chi connectivity index (χ1v) is 9.65. The normalized spacial score (nSPS) is 17.1. The summed E-state index contributed by atoms with van der Waals surface area (Å²) in [5, 5.41) is 11.4. The van der Waals surface area contributed by atoms with Gasteiger partial charge in [0.1, 0.15) is 16.5 Å². The van der Waals surface area contributed by atoms with Crippen LogP contribution in [0, 0.1) is 0 Å². The fourth-order valence-electron chi connectivity index (χ4n) is 2.84. The fraction of sp³-hybridized carbons (Fsp3) is 0.421. The van der Waals surface area contributed by atoms with Crippen LogP contribution in [0.25, 0.3) is 10.6 Å². The predicted octanol–water partition coefficient (Wildman–Crippen LogP) is 2.91. The van der Waals surface area contributed by atoms with Crippen LogP contribution in [-0.2, 0) is 9.53 Å². The van der Waals surface area contributed by atoms with E-state index in [1.165, 1.54) is 11.3 Å². The molecule has 2 heterocycles. The molecule has 1 aliphatic rings. The van der Waals surface area contributed by atoms with E-state index in [9.17, 15) is 9.59 Å². The van der Waals surface area contributed by atoms with Crippen LogP contribution in [0.15, 0.2) is 29.6 Å². The van der Waals surface area contributed by atoms with Gasteiger partial charge in [-0.05, 0) is 38.1 Å². The molecule has 2 aromatic rings. The Hall–Kier alpha value is -2.45. The van der Waals surface area contributed by atoms with Crippen molar-refractivity contribution in [1.29, 1.82) is 0 Å². The van der Waals surface area contributed by atoms with Gasteiger partial charge in [0.25, 0.3) is 5.91 Å². The summed E-state index contributed by atoms with van der Waals surface area (Å²) in [6, 6.07) is 7.61. The highest BCUT2D eigenvalue weighted by Gasteiger charge is 2.27. The predicted molar refractivity (Wildman–Crippen MR) is 101 cm³/mol. The Labute approximate surface area is 161 Å². The summed E-state index contributed by atoms with van der Waals surface area (Å²) in [7, 11) is 0. The number of amides is 1. The molecule has 27 heavy (non-hydrogen) atoms. The molecule has 8 heteroatoms. The number of carbonyl (C=O) groups excluding carboxylic acids is 1. The number of carboxylic acids is 1. The zero-order valence-corrected chi connectivity index (χ0v) is 16.1. The Bertz CT molecular complexity index is 803. The van der Waals surface area contributed by atoms with E-state index in [2.05, 4.69) is 4.98 Å². The Kier molecular flexibility index (Phi) is 6.08. The van der Waals surface area contributed by atoms with E-state index in [-0.39, 0.29) is 25.0 Å². The number of morpholine rings is 1. The zero-order valence-electron chi connectivity index (χ0n) is 15.3. The first kappa shape index (κ1) is 19.3. The number of carboxylic acid groups (broad SMARTS) is 1. The van der Waals surface area contributed by atoms with Gasteiger partial charge >= 0.3 is 5.97 Å². The van der Waals surface area contributed by atoms with Crippen molar-refractivity contribution in [2.24, 2.45) is 0 Å². The van der Waals surface area contributed by atoms with Gasteiger partial charge in [-0.3, -0.25) is 9.59 Å². The van der Waals surface area contributed by atoms with E-state index in [1.54, 1.807) is 10.3 Å². The maximum atomic E-state index is 12.7. The largest absolute Gasteiger partial charge is 0.491 e. The molecular formula is C19H22N2O5S. The molecule has 0 saturated carbocycles. The van der Waals surface area contributed by atoms with Gasteiger partial charge in [0.2, 0.25) is 0 Å². The lowest BCUT2D eigenvalue weighted by Crippen LogP contribution is -2.46. The monoisotopic (exact) mass is 390 g/mol. The number of thiazole rings is 1. The lowest BCUT2D eigenvalue weighted by molar-refractivity contribution is -0.141. The Morgan fingerprint density at radius 2 is 2.11 bits per heavy atom. The lowest BCUT2D eigenvalue weighted by atomic mass is 10.2. The second kappa shape index (κ2) is 8.49. The van der Waals surface area contributed by atoms with Crippen molar-refractivity contribution in [2.75, 3.05) is 19.7 Å². The standard InChI is InChI=1S/C19H22N2O5S/c1-12(2)26-14-5-3-13(4-6-14)18-20-16(11-27-18)19(24)21-7-8-25-15(10-21)9-17(22)23/h3-6,11-12,15H,7-10H2,1-2H3,(H,22,23)/t15-/m0/s1. The van der Waals surface area contributed by atoms with Gasteiger partial charge in [-0.15, -0.1) is 11.3 Å².